The van der Waals surface area contributed by atoms with Crippen molar-refractivity contribution in [3.63, 3.8) is 0 Å². The van der Waals surface area contributed by atoms with Crippen LogP contribution in [0.15, 0.2) is 6.07 Å². The Morgan fingerprint density at radius 2 is 2.07 bits per heavy atom. The Balaban J connectivity index is 3.15. The molecule has 0 atom stereocenters. The Labute approximate surface area is 91.1 Å². The van der Waals surface area contributed by atoms with Gasteiger partial charge in [0.1, 0.15) is 0 Å². The van der Waals surface area contributed by atoms with Gasteiger partial charge in [-0.3, -0.25) is 0 Å². The minimum atomic E-state index is 0.274. The van der Waals surface area contributed by atoms with E-state index < -0.39 is 0 Å². The number of aryl methyl sites for hydroxylation is 1. The zero-order valence-electron chi connectivity index (χ0n) is 9.85. The molecule has 0 saturated carbocycles. The maximum absolute atomic E-state index is 9.97. The second kappa shape index (κ2) is 5.03. The van der Waals surface area contributed by atoms with Crippen molar-refractivity contribution in [1.82, 2.24) is 5.32 Å². The molecule has 2 N–H and O–H groups in total. The lowest BCUT2D eigenvalue weighted by molar-refractivity contribution is 0.369. The Kier molecular flexibility index (Phi) is 3.97. The Morgan fingerprint density at radius 3 is 2.60 bits per heavy atom. The van der Waals surface area contributed by atoms with Crippen molar-refractivity contribution in [3.05, 3.63) is 22.8 Å². The zero-order valence-corrected chi connectivity index (χ0v) is 9.85. The molecule has 0 aliphatic carbocycles. The largest absolute Gasteiger partial charge is 0.504 e. The lowest BCUT2D eigenvalue weighted by Gasteiger charge is -2.14. The number of aromatic hydroxyl groups is 1. The number of rotatable bonds is 4. The molecule has 0 aliphatic rings. The molecule has 0 fully saturated rings. The first-order chi connectivity index (χ1) is 7.11. The van der Waals surface area contributed by atoms with Crippen LogP contribution in [0.5, 0.6) is 11.5 Å². The normalized spacial score (nSPS) is 10.4. The molecule has 1 aromatic carbocycles. The molecular formula is C12H19NO2. The van der Waals surface area contributed by atoms with E-state index in [1.54, 1.807) is 7.11 Å². The second-order valence-electron chi connectivity index (χ2n) is 3.70. The number of methoxy groups -OCH3 is 1. The van der Waals surface area contributed by atoms with Gasteiger partial charge in [-0.25, -0.2) is 0 Å². The van der Waals surface area contributed by atoms with E-state index in [1.807, 2.05) is 27.0 Å². The Bertz CT molecular complexity index is 348. The zero-order chi connectivity index (χ0) is 11.4. The molecule has 0 heterocycles. The molecule has 3 nitrogen and oxygen atoms in total. The third-order valence-electron chi connectivity index (χ3n) is 2.76. The van der Waals surface area contributed by atoms with E-state index in [9.17, 15) is 5.11 Å². The van der Waals surface area contributed by atoms with Crippen LogP contribution >= 0.6 is 0 Å². The maximum atomic E-state index is 9.97. The van der Waals surface area contributed by atoms with E-state index in [-0.39, 0.29) is 5.75 Å². The molecule has 0 bridgehead atoms. The fraction of sp³-hybridized carbons (Fsp3) is 0.500. The van der Waals surface area contributed by atoms with Gasteiger partial charge in [0, 0.05) is 5.56 Å². The molecule has 0 aliphatic heterocycles. The van der Waals surface area contributed by atoms with Crippen LogP contribution in [0.3, 0.4) is 0 Å². The van der Waals surface area contributed by atoms with Crippen molar-refractivity contribution in [2.75, 3.05) is 20.7 Å². The highest BCUT2D eigenvalue weighted by molar-refractivity contribution is 5.53. The van der Waals surface area contributed by atoms with Gasteiger partial charge in [-0.05, 0) is 51.1 Å². The van der Waals surface area contributed by atoms with Crippen LogP contribution in [0.4, 0.5) is 0 Å². The first-order valence-electron chi connectivity index (χ1n) is 5.12. The van der Waals surface area contributed by atoms with Crippen molar-refractivity contribution in [2.45, 2.75) is 20.3 Å². The van der Waals surface area contributed by atoms with Crippen LogP contribution in [-0.2, 0) is 6.42 Å². The van der Waals surface area contributed by atoms with Gasteiger partial charge in [0.15, 0.2) is 11.5 Å². The van der Waals surface area contributed by atoms with E-state index in [0.717, 1.165) is 29.7 Å². The first-order valence-corrected chi connectivity index (χ1v) is 5.12. The van der Waals surface area contributed by atoms with E-state index in [0.29, 0.717) is 5.75 Å². The lowest BCUT2D eigenvalue weighted by Crippen LogP contribution is -2.11. The molecular weight excluding hydrogens is 190 g/mol. The smallest absolute Gasteiger partial charge is 0.161 e. The van der Waals surface area contributed by atoms with Crippen LogP contribution in [0, 0.1) is 13.8 Å². The fourth-order valence-electron chi connectivity index (χ4n) is 1.65. The molecule has 15 heavy (non-hydrogen) atoms. The third kappa shape index (κ3) is 2.42. The topological polar surface area (TPSA) is 41.5 Å². The molecule has 1 rings (SSSR count). The molecule has 0 radical (unpaired) electrons. The molecule has 0 saturated heterocycles. The minimum absolute atomic E-state index is 0.274. The number of phenolic OH excluding ortho intramolecular Hbond substituents is 1. The van der Waals surface area contributed by atoms with Crippen molar-refractivity contribution < 1.29 is 9.84 Å². The molecule has 3 heteroatoms. The average Bonchev–Trinajstić information content (AvgIpc) is 2.23. The van der Waals surface area contributed by atoms with E-state index in [2.05, 4.69) is 5.32 Å². The van der Waals surface area contributed by atoms with Crippen LogP contribution in [-0.4, -0.2) is 25.8 Å². The summed E-state index contributed by atoms with van der Waals surface area (Å²) in [5.74, 6) is 0.833. The highest BCUT2D eigenvalue weighted by Gasteiger charge is 2.12. The Hall–Kier alpha value is -1.22. The summed E-state index contributed by atoms with van der Waals surface area (Å²) in [6.07, 6.45) is 0.812. The maximum Gasteiger partial charge on any atom is 0.161 e. The summed E-state index contributed by atoms with van der Waals surface area (Å²) in [4.78, 5) is 0. The van der Waals surface area contributed by atoms with Gasteiger partial charge < -0.3 is 15.2 Å². The fourth-order valence-corrected chi connectivity index (χ4v) is 1.65. The number of hydrogen-bond acceptors (Lipinski definition) is 3. The summed E-state index contributed by atoms with van der Waals surface area (Å²) < 4.78 is 5.13. The van der Waals surface area contributed by atoms with Gasteiger partial charge >= 0.3 is 0 Å². The quantitative estimate of drug-likeness (QED) is 0.794. The van der Waals surface area contributed by atoms with Crippen molar-refractivity contribution in [2.24, 2.45) is 0 Å². The van der Waals surface area contributed by atoms with Crippen molar-refractivity contribution in [3.8, 4) is 11.5 Å². The number of benzene rings is 1. The van der Waals surface area contributed by atoms with Crippen LogP contribution in [0.1, 0.15) is 16.7 Å². The van der Waals surface area contributed by atoms with Gasteiger partial charge in [-0.15, -0.1) is 0 Å². The predicted octanol–water partition coefficient (Wildman–Crippen LogP) is 1.78. The highest BCUT2D eigenvalue weighted by atomic mass is 16.5. The standard InChI is InChI=1S/C12H19NO2/c1-8-7-11(15-4)12(14)10(9(8)2)5-6-13-3/h7,13-14H,5-6H2,1-4H3. The van der Waals surface area contributed by atoms with Gasteiger partial charge in [-0.1, -0.05) is 0 Å². The predicted molar refractivity (Wildman–Crippen MR) is 61.8 cm³/mol. The number of ether oxygens (including phenoxy) is 1. The van der Waals surface area contributed by atoms with E-state index in [1.165, 1.54) is 0 Å². The number of phenols is 1. The minimum Gasteiger partial charge on any atom is -0.504 e. The van der Waals surface area contributed by atoms with Crippen LogP contribution in [0.25, 0.3) is 0 Å². The van der Waals surface area contributed by atoms with Crippen LogP contribution < -0.4 is 10.1 Å². The molecule has 1 aromatic rings. The summed E-state index contributed by atoms with van der Waals surface area (Å²) in [5, 5.41) is 13.0. The SMILES string of the molecule is CNCCc1c(C)c(C)cc(OC)c1O. The highest BCUT2D eigenvalue weighted by Crippen LogP contribution is 2.34. The summed E-state index contributed by atoms with van der Waals surface area (Å²) in [6, 6.07) is 1.87. The van der Waals surface area contributed by atoms with Gasteiger partial charge in [0.2, 0.25) is 0 Å². The average molecular weight is 209 g/mol. The molecule has 0 aromatic heterocycles. The van der Waals surface area contributed by atoms with Gasteiger partial charge in [0.05, 0.1) is 7.11 Å². The molecule has 0 unspecified atom stereocenters. The van der Waals surface area contributed by atoms with E-state index in [4.69, 9.17) is 4.74 Å². The van der Waals surface area contributed by atoms with E-state index >= 15 is 0 Å². The monoisotopic (exact) mass is 209 g/mol. The summed E-state index contributed by atoms with van der Waals surface area (Å²) in [5.41, 5.74) is 3.26. The first kappa shape index (κ1) is 11.9. The summed E-state index contributed by atoms with van der Waals surface area (Å²) in [6.45, 7) is 4.90. The van der Waals surface area contributed by atoms with Crippen LogP contribution in [0.2, 0.25) is 0 Å². The van der Waals surface area contributed by atoms with Crippen molar-refractivity contribution >= 4 is 0 Å². The molecule has 84 valence electrons. The van der Waals surface area contributed by atoms with Gasteiger partial charge in [0.25, 0.3) is 0 Å². The van der Waals surface area contributed by atoms with Gasteiger partial charge in [-0.2, -0.15) is 0 Å². The second-order valence-corrected chi connectivity index (χ2v) is 3.70. The summed E-state index contributed by atoms with van der Waals surface area (Å²) >= 11 is 0. The molecule has 0 amide bonds. The number of nitrogens with one attached hydrogen (secondary N) is 1. The number of likely N-dealkylation sites (N-methyl/N-ethyl adjacent to an activating group) is 1. The molecule has 0 spiro atoms. The lowest BCUT2D eigenvalue weighted by atomic mass is 9.99. The third-order valence-corrected chi connectivity index (χ3v) is 2.76. The number of hydrogen-bond donors (Lipinski definition) is 2. The van der Waals surface area contributed by atoms with Crippen molar-refractivity contribution in [1.29, 1.82) is 0 Å². The Morgan fingerprint density at radius 1 is 1.40 bits per heavy atom. The summed E-state index contributed by atoms with van der Waals surface area (Å²) in [7, 11) is 3.48.